The lowest BCUT2D eigenvalue weighted by atomic mass is 10.2. The number of urea groups is 1. The van der Waals surface area contributed by atoms with Gasteiger partial charge in [0, 0.05) is 16.8 Å². The maximum atomic E-state index is 13.2. The zero-order valence-corrected chi connectivity index (χ0v) is 11.3. The van der Waals surface area contributed by atoms with E-state index in [2.05, 4.69) is 15.6 Å². The number of rotatable bonds is 4. The Kier molecular flexibility index (Phi) is 4.33. The molecule has 0 radical (unpaired) electrons. The van der Waals surface area contributed by atoms with Gasteiger partial charge in [0.1, 0.15) is 5.82 Å². The summed E-state index contributed by atoms with van der Waals surface area (Å²) >= 11 is 0.977. The molecule has 4 N–H and O–H groups in total. The van der Waals surface area contributed by atoms with Gasteiger partial charge in [-0.15, -0.1) is 0 Å². The fraction of sp³-hybridized carbons (Fsp3) is 0.0833. The Morgan fingerprint density at radius 2 is 2.14 bits per heavy atom. The van der Waals surface area contributed by atoms with E-state index in [-0.39, 0.29) is 17.1 Å². The van der Waals surface area contributed by atoms with Crippen molar-refractivity contribution in [1.82, 2.24) is 10.3 Å². The Balaban J connectivity index is 1.98. The van der Waals surface area contributed by atoms with Crippen LogP contribution in [-0.2, 0) is 6.54 Å². The number of anilines is 1. The highest BCUT2D eigenvalue weighted by molar-refractivity contribution is 7.07. The number of hydrogen-bond acceptors (Lipinski definition) is 4. The average molecular weight is 311 g/mol. The van der Waals surface area contributed by atoms with Crippen molar-refractivity contribution < 1.29 is 19.1 Å². The van der Waals surface area contributed by atoms with E-state index in [4.69, 9.17) is 5.11 Å². The number of carboxylic acids is 1. The molecule has 9 heteroatoms. The molecule has 2 aromatic rings. The summed E-state index contributed by atoms with van der Waals surface area (Å²) in [5.74, 6) is -2.31. The van der Waals surface area contributed by atoms with E-state index >= 15 is 0 Å². The molecule has 21 heavy (non-hydrogen) atoms. The van der Waals surface area contributed by atoms with Crippen LogP contribution in [0.4, 0.5) is 14.9 Å². The first-order valence-corrected chi connectivity index (χ1v) is 6.58. The van der Waals surface area contributed by atoms with Crippen LogP contribution in [0.3, 0.4) is 0 Å². The highest BCUT2D eigenvalue weighted by atomic mass is 32.1. The molecule has 7 nitrogen and oxygen atoms in total. The van der Waals surface area contributed by atoms with Gasteiger partial charge < -0.3 is 20.7 Å². The Morgan fingerprint density at radius 1 is 1.38 bits per heavy atom. The summed E-state index contributed by atoms with van der Waals surface area (Å²) in [4.78, 5) is 35.6. The molecule has 0 atom stereocenters. The Hall–Kier alpha value is -2.68. The fourth-order valence-electron chi connectivity index (χ4n) is 1.52. The molecule has 0 unspecified atom stereocenters. The average Bonchev–Trinajstić information content (AvgIpc) is 2.84. The Morgan fingerprint density at radius 3 is 2.76 bits per heavy atom. The lowest BCUT2D eigenvalue weighted by Crippen LogP contribution is -2.28. The molecule has 2 rings (SSSR count). The van der Waals surface area contributed by atoms with Gasteiger partial charge in [-0.1, -0.05) is 11.3 Å². The van der Waals surface area contributed by atoms with Crippen molar-refractivity contribution in [2.75, 3.05) is 5.32 Å². The first kappa shape index (κ1) is 14.7. The summed E-state index contributed by atoms with van der Waals surface area (Å²) < 4.78 is 13.2. The molecule has 2 amide bonds. The first-order chi connectivity index (χ1) is 9.95. The number of nitrogens with one attached hydrogen (secondary N) is 3. The molecule has 0 aliphatic rings. The van der Waals surface area contributed by atoms with E-state index in [0.29, 0.717) is 5.69 Å². The fourth-order valence-corrected chi connectivity index (χ4v) is 2.10. The van der Waals surface area contributed by atoms with Crippen LogP contribution in [0.2, 0.25) is 0 Å². The van der Waals surface area contributed by atoms with Gasteiger partial charge in [-0.2, -0.15) is 0 Å². The van der Waals surface area contributed by atoms with Crippen LogP contribution in [0.1, 0.15) is 16.1 Å². The third-order valence-electron chi connectivity index (χ3n) is 2.46. The largest absolute Gasteiger partial charge is 0.478 e. The Labute approximate surface area is 121 Å². The number of thiazole rings is 1. The van der Waals surface area contributed by atoms with Crippen molar-refractivity contribution in [2.24, 2.45) is 0 Å². The second kappa shape index (κ2) is 6.18. The van der Waals surface area contributed by atoms with Gasteiger partial charge in [-0.25, -0.2) is 14.0 Å². The number of aromatic nitrogens is 1. The van der Waals surface area contributed by atoms with E-state index < -0.39 is 23.4 Å². The molecule has 0 aliphatic heterocycles. The standard InChI is InChI=1S/C12H10FN3O4S/c13-9-2-1-6(3-8(9)10(17)18)15-11(19)14-4-7-5-21-12(20)16-7/h1-3,5H,4H2,(H,16,20)(H,17,18)(H2,14,15,19). The van der Waals surface area contributed by atoms with Gasteiger partial charge in [-0.3, -0.25) is 4.79 Å². The number of carboxylic acid groups (broad SMARTS) is 1. The van der Waals surface area contributed by atoms with E-state index in [1.165, 1.54) is 6.07 Å². The number of aromatic amines is 1. The quantitative estimate of drug-likeness (QED) is 0.687. The molecule has 0 aliphatic carbocycles. The van der Waals surface area contributed by atoms with Crippen LogP contribution in [-0.4, -0.2) is 22.1 Å². The number of halogens is 1. The lowest BCUT2D eigenvalue weighted by molar-refractivity contribution is 0.0692. The molecular weight excluding hydrogens is 301 g/mol. The first-order valence-electron chi connectivity index (χ1n) is 5.70. The summed E-state index contributed by atoms with van der Waals surface area (Å²) in [6.07, 6.45) is 0. The van der Waals surface area contributed by atoms with Crippen LogP contribution < -0.4 is 15.5 Å². The van der Waals surface area contributed by atoms with Gasteiger partial charge in [0.2, 0.25) is 0 Å². The van der Waals surface area contributed by atoms with Crippen LogP contribution in [0.15, 0.2) is 28.4 Å². The highest BCUT2D eigenvalue weighted by Crippen LogP contribution is 2.14. The summed E-state index contributed by atoms with van der Waals surface area (Å²) in [6, 6.07) is 2.61. The highest BCUT2D eigenvalue weighted by Gasteiger charge is 2.12. The zero-order chi connectivity index (χ0) is 15.4. The second-order valence-corrected chi connectivity index (χ2v) is 4.82. The van der Waals surface area contributed by atoms with Crippen molar-refractivity contribution in [1.29, 1.82) is 0 Å². The monoisotopic (exact) mass is 311 g/mol. The minimum atomic E-state index is -1.42. The third-order valence-corrected chi connectivity index (χ3v) is 3.18. The van der Waals surface area contributed by atoms with E-state index in [1.54, 1.807) is 5.38 Å². The van der Waals surface area contributed by atoms with Gasteiger partial charge in [-0.05, 0) is 18.2 Å². The second-order valence-electron chi connectivity index (χ2n) is 3.98. The smallest absolute Gasteiger partial charge is 0.338 e. The zero-order valence-electron chi connectivity index (χ0n) is 10.5. The van der Waals surface area contributed by atoms with Crippen molar-refractivity contribution in [3.05, 3.63) is 50.3 Å². The minimum Gasteiger partial charge on any atom is -0.478 e. The number of aromatic carboxylic acids is 1. The maximum Gasteiger partial charge on any atom is 0.338 e. The van der Waals surface area contributed by atoms with E-state index in [9.17, 15) is 18.8 Å². The predicted octanol–water partition coefficient (Wildman–Crippen LogP) is 1.60. The summed E-state index contributed by atoms with van der Waals surface area (Å²) in [5, 5.41) is 15.2. The SMILES string of the molecule is O=C(NCc1csc(=O)[nH]1)Nc1ccc(F)c(C(=O)O)c1. The molecule has 1 aromatic carbocycles. The molecule has 1 aromatic heterocycles. The topological polar surface area (TPSA) is 111 Å². The molecule has 110 valence electrons. The van der Waals surface area contributed by atoms with Crippen molar-refractivity contribution in [2.45, 2.75) is 6.54 Å². The van der Waals surface area contributed by atoms with Gasteiger partial charge in [0.05, 0.1) is 12.1 Å². The number of H-pyrrole nitrogens is 1. The predicted molar refractivity (Wildman–Crippen MR) is 74.2 cm³/mol. The molecule has 0 saturated carbocycles. The third kappa shape index (κ3) is 3.89. The van der Waals surface area contributed by atoms with Crippen LogP contribution >= 0.6 is 11.3 Å². The normalized spacial score (nSPS) is 10.1. The molecular formula is C12H10FN3O4S. The van der Waals surface area contributed by atoms with Crippen molar-refractivity contribution >= 4 is 29.0 Å². The molecule has 1 heterocycles. The molecule has 0 fully saturated rings. The lowest BCUT2D eigenvalue weighted by Gasteiger charge is -2.07. The Bertz CT molecular complexity index is 740. The van der Waals surface area contributed by atoms with Crippen LogP contribution in [0.25, 0.3) is 0 Å². The van der Waals surface area contributed by atoms with Crippen LogP contribution in [0, 0.1) is 5.82 Å². The number of benzene rings is 1. The van der Waals surface area contributed by atoms with E-state index in [0.717, 1.165) is 23.5 Å². The van der Waals surface area contributed by atoms with E-state index in [1.807, 2.05) is 0 Å². The minimum absolute atomic E-state index is 0.109. The van der Waals surface area contributed by atoms with Crippen LogP contribution in [0.5, 0.6) is 0 Å². The number of amides is 2. The summed E-state index contributed by atoms with van der Waals surface area (Å²) in [5.41, 5.74) is 0.158. The van der Waals surface area contributed by atoms with Gasteiger partial charge >= 0.3 is 16.9 Å². The number of hydrogen-bond donors (Lipinski definition) is 4. The van der Waals surface area contributed by atoms with Crippen molar-refractivity contribution in [3.8, 4) is 0 Å². The number of carbonyl (C=O) groups excluding carboxylic acids is 1. The molecule has 0 saturated heterocycles. The van der Waals surface area contributed by atoms with Gasteiger partial charge in [0.25, 0.3) is 0 Å². The van der Waals surface area contributed by atoms with Gasteiger partial charge in [0.15, 0.2) is 0 Å². The summed E-state index contributed by atoms with van der Waals surface area (Å²) in [7, 11) is 0. The number of carbonyl (C=O) groups is 2. The molecule has 0 bridgehead atoms. The maximum absolute atomic E-state index is 13.2. The summed E-state index contributed by atoms with van der Waals surface area (Å²) in [6.45, 7) is 0.109. The molecule has 0 spiro atoms. The van der Waals surface area contributed by atoms with Crippen molar-refractivity contribution in [3.63, 3.8) is 0 Å².